The molecule has 2 aliphatic rings. The van der Waals surface area contributed by atoms with E-state index in [1.54, 1.807) is 0 Å². The van der Waals surface area contributed by atoms with E-state index >= 15 is 0 Å². The Morgan fingerprint density at radius 2 is 1.87 bits per heavy atom. The summed E-state index contributed by atoms with van der Waals surface area (Å²) in [6, 6.07) is 0.527. The fourth-order valence-corrected chi connectivity index (χ4v) is 4.05. The SMILES string of the molecule is CCN(CC(=O)O)C1CC(NC(=O)C(C)CC2CCCCC2)C1. The van der Waals surface area contributed by atoms with Crippen molar-refractivity contribution >= 4 is 11.9 Å². The molecule has 0 aliphatic heterocycles. The minimum atomic E-state index is -0.777. The molecule has 0 heterocycles. The summed E-state index contributed by atoms with van der Waals surface area (Å²) in [6.07, 6.45) is 9.33. The molecule has 0 radical (unpaired) electrons. The van der Waals surface area contributed by atoms with Crippen LogP contribution in [0.25, 0.3) is 0 Å². The molecule has 2 N–H and O–H groups in total. The topological polar surface area (TPSA) is 69.6 Å². The van der Waals surface area contributed by atoms with Gasteiger partial charge in [-0.1, -0.05) is 46.0 Å². The van der Waals surface area contributed by atoms with Gasteiger partial charge < -0.3 is 10.4 Å². The smallest absolute Gasteiger partial charge is 0.317 e. The van der Waals surface area contributed by atoms with Crippen LogP contribution in [-0.4, -0.2) is 47.1 Å². The number of nitrogens with one attached hydrogen (secondary N) is 1. The second-order valence-electron chi connectivity index (χ2n) is 7.43. The summed E-state index contributed by atoms with van der Waals surface area (Å²) in [6.45, 7) is 4.87. The van der Waals surface area contributed by atoms with Gasteiger partial charge in [0.1, 0.15) is 0 Å². The van der Waals surface area contributed by atoms with E-state index in [2.05, 4.69) is 5.32 Å². The Labute approximate surface area is 139 Å². The number of rotatable bonds is 8. The van der Waals surface area contributed by atoms with Crippen LogP contribution in [0.4, 0.5) is 0 Å². The Kier molecular flexibility index (Phi) is 6.88. The number of amides is 1. The Bertz CT molecular complexity index is 401. The fraction of sp³-hybridized carbons (Fsp3) is 0.889. The first kappa shape index (κ1) is 18.2. The van der Waals surface area contributed by atoms with Crippen LogP contribution in [-0.2, 0) is 9.59 Å². The standard InChI is InChI=1S/C18H32N2O3/c1-3-20(12-17(21)22)16-10-15(11-16)19-18(23)13(2)9-14-7-5-4-6-8-14/h13-16H,3-12H2,1-2H3,(H,19,23)(H,21,22). The first-order valence-corrected chi connectivity index (χ1v) is 9.25. The van der Waals surface area contributed by atoms with Crippen LogP contribution < -0.4 is 5.32 Å². The Balaban J connectivity index is 1.67. The van der Waals surface area contributed by atoms with Gasteiger partial charge in [-0.05, 0) is 31.7 Å². The highest BCUT2D eigenvalue weighted by Gasteiger charge is 2.35. The summed E-state index contributed by atoms with van der Waals surface area (Å²) in [7, 11) is 0. The molecule has 23 heavy (non-hydrogen) atoms. The van der Waals surface area contributed by atoms with Crippen molar-refractivity contribution in [1.29, 1.82) is 0 Å². The van der Waals surface area contributed by atoms with Gasteiger partial charge in [0.25, 0.3) is 0 Å². The van der Waals surface area contributed by atoms with Crippen LogP contribution >= 0.6 is 0 Å². The first-order valence-electron chi connectivity index (χ1n) is 9.25. The largest absolute Gasteiger partial charge is 0.480 e. The van der Waals surface area contributed by atoms with Crippen LogP contribution in [0, 0.1) is 11.8 Å². The van der Waals surface area contributed by atoms with Crippen molar-refractivity contribution in [2.24, 2.45) is 11.8 Å². The molecular weight excluding hydrogens is 292 g/mol. The van der Waals surface area contributed by atoms with Gasteiger partial charge in [-0.3, -0.25) is 14.5 Å². The highest BCUT2D eigenvalue weighted by atomic mass is 16.4. The maximum absolute atomic E-state index is 12.3. The van der Waals surface area contributed by atoms with Crippen molar-refractivity contribution in [3.8, 4) is 0 Å². The average molecular weight is 324 g/mol. The van der Waals surface area contributed by atoms with Crippen LogP contribution in [0.1, 0.15) is 65.2 Å². The minimum Gasteiger partial charge on any atom is -0.480 e. The zero-order valence-electron chi connectivity index (χ0n) is 14.6. The van der Waals surface area contributed by atoms with Crippen LogP contribution in [0.3, 0.4) is 0 Å². The van der Waals surface area contributed by atoms with E-state index in [1.165, 1.54) is 32.1 Å². The summed E-state index contributed by atoms with van der Waals surface area (Å²) in [5, 5.41) is 12.1. The molecule has 132 valence electrons. The molecule has 0 aromatic heterocycles. The Hall–Kier alpha value is -1.10. The second kappa shape index (κ2) is 8.67. The first-order chi connectivity index (χ1) is 11.0. The third kappa shape index (κ3) is 5.48. The third-order valence-electron chi connectivity index (χ3n) is 5.58. The maximum atomic E-state index is 12.3. The molecular formula is C18H32N2O3. The summed E-state index contributed by atoms with van der Waals surface area (Å²) in [4.78, 5) is 25.1. The number of carboxylic acids is 1. The molecule has 2 rings (SSSR count). The third-order valence-corrected chi connectivity index (χ3v) is 5.58. The molecule has 0 aromatic carbocycles. The molecule has 0 aromatic rings. The lowest BCUT2D eigenvalue weighted by Gasteiger charge is -2.42. The number of hydrogen-bond donors (Lipinski definition) is 2. The predicted molar refractivity (Wildman–Crippen MR) is 90.2 cm³/mol. The zero-order valence-corrected chi connectivity index (χ0v) is 14.6. The highest BCUT2D eigenvalue weighted by Crippen LogP contribution is 2.30. The summed E-state index contributed by atoms with van der Waals surface area (Å²) < 4.78 is 0. The number of hydrogen-bond acceptors (Lipinski definition) is 3. The average Bonchev–Trinajstić information content (AvgIpc) is 2.49. The number of nitrogens with zero attached hydrogens (tertiary/aromatic N) is 1. The Morgan fingerprint density at radius 1 is 1.22 bits per heavy atom. The van der Waals surface area contributed by atoms with Gasteiger partial charge in [0.05, 0.1) is 6.54 Å². The van der Waals surface area contributed by atoms with Crippen LogP contribution in [0.2, 0.25) is 0 Å². The van der Waals surface area contributed by atoms with E-state index in [-0.39, 0.29) is 24.4 Å². The van der Waals surface area contributed by atoms with Crippen molar-refractivity contribution in [2.45, 2.75) is 77.3 Å². The molecule has 2 fully saturated rings. The molecule has 0 spiro atoms. The van der Waals surface area contributed by atoms with Crippen molar-refractivity contribution in [1.82, 2.24) is 10.2 Å². The fourth-order valence-electron chi connectivity index (χ4n) is 4.05. The van der Waals surface area contributed by atoms with Gasteiger partial charge in [0, 0.05) is 18.0 Å². The van der Waals surface area contributed by atoms with Gasteiger partial charge in [-0.25, -0.2) is 0 Å². The van der Waals surface area contributed by atoms with Crippen LogP contribution in [0.5, 0.6) is 0 Å². The lowest BCUT2D eigenvalue weighted by molar-refractivity contribution is -0.140. The molecule has 1 unspecified atom stereocenters. The van der Waals surface area contributed by atoms with Gasteiger partial charge >= 0.3 is 5.97 Å². The zero-order chi connectivity index (χ0) is 16.8. The summed E-state index contributed by atoms with van der Waals surface area (Å²) in [5.41, 5.74) is 0. The molecule has 2 aliphatic carbocycles. The number of likely N-dealkylation sites (N-methyl/N-ethyl adjacent to an activating group) is 1. The van der Waals surface area contributed by atoms with Crippen molar-refractivity contribution in [3.63, 3.8) is 0 Å². The van der Waals surface area contributed by atoms with Gasteiger partial charge in [-0.2, -0.15) is 0 Å². The number of carboxylic acid groups (broad SMARTS) is 1. The lowest BCUT2D eigenvalue weighted by Crippen LogP contribution is -2.55. The molecule has 5 nitrogen and oxygen atoms in total. The lowest BCUT2D eigenvalue weighted by atomic mass is 9.82. The Morgan fingerprint density at radius 3 is 2.43 bits per heavy atom. The van der Waals surface area contributed by atoms with E-state index in [4.69, 9.17) is 5.11 Å². The second-order valence-corrected chi connectivity index (χ2v) is 7.43. The molecule has 2 saturated carbocycles. The van der Waals surface area contributed by atoms with Crippen LogP contribution in [0.15, 0.2) is 0 Å². The number of carbonyl (C=O) groups is 2. The van der Waals surface area contributed by atoms with E-state index < -0.39 is 5.97 Å². The highest BCUT2D eigenvalue weighted by molar-refractivity contribution is 5.78. The van der Waals surface area contributed by atoms with E-state index in [1.807, 2.05) is 18.7 Å². The molecule has 1 amide bonds. The van der Waals surface area contributed by atoms with Gasteiger partial charge in [-0.15, -0.1) is 0 Å². The molecule has 0 bridgehead atoms. The predicted octanol–water partition coefficient (Wildman–Crippen LogP) is 2.65. The van der Waals surface area contributed by atoms with Gasteiger partial charge in [0.2, 0.25) is 5.91 Å². The van der Waals surface area contributed by atoms with E-state index in [0.29, 0.717) is 6.04 Å². The summed E-state index contributed by atoms with van der Waals surface area (Å²) >= 11 is 0. The molecule has 5 heteroatoms. The normalized spacial score (nSPS) is 26.6. The molecule has 1 atom stereocenters. The van der Waals surface area contributed by atoms with Crippen molar-refractivity contribution < 1.29 is 14.7 Å². The van der Waals surface area contributed by atoms with Crippen molar-refractivity contribution in [3.05, 3.63) is 0 Å². The quantitative estimate of drug-likeness (QED) is 0.720. The van der Waals surface area contributed by atoms with E-state index in [0.717, 1.165) is 31.7 Å². The minimum absolute atomic E-state index is 0.0958. The van der Waals surface area contributed by atoms with E-state index in [9.17, 15) is 9.59 Å². The monoisotopic (exact) mass is 324 g/mol. The maximum Gasteiger partial charge on any atom is 0.317 e. The number of carbonyl (C=O) groups excluding carboxylic acids is 1. The van der Waals surface area contributed by atoms with Crippen molar-refractivity contribution in [2.75, 3.05) is 13.1 Å². The number of aliphatic carboxylic acids is 1. The summed E-state index contributed by atoms with van der Waals surface area (Å²) in [5.74, 6) is 0.226. The van der Waals surface area contributed by atoms with Gasteiger partial charge in [0.15, 0.2) is 0 Å². The molecule has 0 saturated heterocycles.